The highest BCUT2D eigenvalue weighted by molar-refractivity contribution is 6.30. The van der Waals surface area contributed by atoms with Crippen LogP contribution in [0.2, 0.25) is 5.02 Å². The van der Waals surface area contributed by atoms with Gasteiger partial charge in [-0.3, -0.25) is 4.79 Å². The van der Waals surface area contributed by atoms with Crippen molar-refractivity contribution in [1.29, 1.82) is 0 Å². The van der Waals surface area contributed by atoms with E-state index in [9.17, 15) is 9.90 Å². The van der Waals surface area contributed by atoms with Crippen LogP contribution in [0.15, 0.2) is 24.3 Å². The third-order valence-corrected chi connectivity index (χ3v) is 5.30. The summed E-state index contributed by atoms with van der Waals surface area (Å²) in [6.07, 6.45) is 5.38. The van der Waals surface area contributed by atoms with E-state index in [0.29, 0.717) is 24.5 Å². The Morgan fingerprint density at radius 2 is 2.05 bits per heavy atom. The van der Waals surface area contributed by atoms with Crippen molar-refractivity contribution in [3.8, 4) is 0 Å². The minimum Gasteiger partial charge on any atom is -0.389 e. The molecule has 1 aliphatic heterocycles. The van der Waals surface area contributed by atoms with Crippen LogP contribution >= 0.6 is 11.6 Å². The number of nitrogens with zero attached hydrogens (tertiary/aromatic N) is 1. The van der Waals surface area contributed by atoms with Gasteiger partial charge in [-0.05, 0) is 37.0 Å². The molecule has 1 aliphatic carbocycles. The fourth-order valence-corrected chi connectivity index (χ4v) is 3.81. The molecule has 3 nitrogen and oxygen atoms in total. The van der Waals surface area contributed by atoms with E-state index in [1.165, 1.54) is 6.42 Å². The van der Waals surface area contributed by atoms with Crippen molar-refractivity contribution in [1.82, 2.24) is 4.90 Å². The van der Waals surface area contributed by atoms with Crippen LogP contribution in [0.5, 0.6) is 0 Å². The summed E-state index contributed by atoms with van der Waals surface area (Å²) in [6, 6.07) is 7.45. The summed E-state index contributed by atoms with van der Waals surface area (Å²) in [5.74, 6) is 0.416. The Morgan fingerprint density at radius 3 is 2.81 bits per heavy atom. The quantitative estimate of drug-likeness (QED) is 0.912. The van der Waals surface area contributed by atoms with Crippen LogP contribution < -0.4 is 0 Å². The van der Waals surface area contributed by atoms with Gasteiger partial charge in [0.2, 0.25) is 5.91 Å². The number of amides is 1. The molecule has 4 heteroatoms. The Balaban J connectivity index is 1.62. The number of carbonyl (C=O) groups is 1. The Morgan fingerprint density at radius 1 is 1.29 bits per heavy atom. The fraction of sp³-hybridized carbons (Fsp3) is 0.588. The molecular formula is C17H22ClNO2. The van der Waals surface area contributed by atoms with E-state index in [0.717, 1.165) is 31.2 Å². The summed E-state index contributed by atoms with van der Waals surface area (Å²) in [6.45, 7) is 1.39. The zero-order chi connectivity index (χ0) is 14.9. The van der Waals surface area contributed by atoms with E-state index >= 15 is 0 Å². The van der Waals surface area contributed by atoms with Crippen LogP contribution in [0.4, 0.5) is 0 Å². The van der Waals surface area contributed by atoms with Gasteiger partial charge in [-0.25, -0.2) is 0 Å². The van der Waals surface area contributed by atoms with Crippen molar-refractivity contribution < 1.29 is 9.90 Å². The number of aliphatic hydroxyl groups is 1. The summed E-state index contributed by atoms with van der Waals surface area (Å²) in [7, 11) is 0. The van der Waals surface area contributed by atoms with Crippen molar-refractivity contribution in [2.24, 2.45) is 5.92 Å². The zero-order valence-electron chi connectivity index (χ0n) is 12.2. The summed E-state index contributed by atoms with van der Waals surface area (Å²) >= 11 is 5.87. The molecular weight excluding hydrogens is 286 g/mol. The van der Waals surface area contributed by atoms with E-state index in [-0.39, 0.29) is 11.8 Å². The van der Waals surface area contributed by atoms with Gasteiger partial charge < -0.3 is 10.0 Å². The molecule has 3 rings (SSSR count). The molecule has 1 aromatic rings. The predicted octanol–water partition coefficient (Wildman–Crippen LogP) is 3.04. The van der Waals surface area contributed by atoms with Crippen molar-refractivity contribution >= 4 is 17.5 Å². The number of benzene rings is 1. The number of hydrogen-bond donors (Lipinski definition) is 1. The van der Waals surface area contributed by atoms with Gasteiger partial charge in [-0.2, -0.15) is 0 Å². The van der Waals surface area contributed by atoms with Gasteiger partial charge in [0.25, 0.3) is 0 Å². The van der Waals surface area contributed by atoms with E-state index < -0.39 is 5.60 Å². The maximum absolute atomic E-state index is 12.4. The predicted molar refractivity (Wildman–Crippen MR) is 83.3 cm³/mol. The molecule has 2 fully saturated rings. The third-order valence-electron chi connectivity index (χ3n) is 5.05. The van der Waals surface area contributed by atoms with Gasteiger partial charge in [-0.1, -0.05) is 36.6 Å². The molecule has 2 aliphatic rings. The van der Waals surface area contributed by atoms with Gasteiger partial charge >= 0.3 is 0 Å². The lowest BCUT2D eigenvalue weighted by Crippen LogP contribution is -2.54. The minimum absolute atomic E-state index is 0.157. The first kappa shape index (κ1) is 14.9. The monoisotopic (exact) mass is 307 g/mol. The number of carbonyl (C=O) groups excluding carboxylic acids is 1. The number of likely N-dealkylation sites (tertiary alicyclic amines) is 1. The Hall–Kier alpha value is -1.06. The average Bonchev–Trinajstić information content (AvgIpc) is 2.48. The zero-order valence-corrected chi connectivity index (χ0v) is 13.0. The summed E-state index contributed by atoms with van der Waals surface area (Å²) in [5, 5.41) is 11.3. The van der Waals surface area contributed by atoms with Gasteiger partial charge in [0.1, 0.15) is 0 Å². The second-order valence-corrected chi connectivity index (χ2v) is 6.88. The number of fused-ring (bicyclic) bond motifs is 1. The fourth-order valence-electron chi connectivity index (χ4n) is 3.69. The lowest BCUT2D eigenvalue weighted by Gasteiger charge is -2.47. The first-order valence-electron chi connectivity index (χ1n) is 7.81. The number of hydrogen-bond acceptors (Lipinski definition) is 2. The molecule has 1 amide bonds. The van der Waals surface area contributed by atoms with Crippen molar-refractivity contribution in [3.05, 3.63) is 34.9 Å². The van der Waals surface area contributed by atoms with E-state index in [1.807, 2.05) is 29.2 Å². The van der Waals surface area contributed by atoms with E-state index in [4.69, 9.17) is 11.6 Å². The number of rotatable bonds is 2. The van der Waals surface area contributed by atoms with Gasteiger partial charge in [-0.15, -0.1) is 0 Å². The van der Waals surface area contributed by atoms with Crippen LogP contribution in [-0.2, 0) is 11.2 Å². The molecule has 0 radical (unpaired) electrons. The van der Waals surface area contributed by atoms with Crippen LogP contribution in [0.3, 0.4) is 0 Å². The van der Waals surface area contributed by atoms with Gasteiger partial charge in [0.15, 0.2) is 0 Å². The smallest absolute Gasteiger partial charge is 0.227 e. The Bertz CT molecular complexity index is 516. The van der Waals surface area contributed by atoms with E-state index in [2.05, 4.69) is 0 Å². The number of halogens is 1. The molecule has 0 aromatic heterocycles. The second kappa shape index (κ2) is 5.98. The largest absolute Gasteiger partial charge is 0.389 e. The van der Waals surface area contributed by atoms with Crippen molar-refractivity contribution in [2.75, 3.05) is 13.1 Å². The SMILES string of the molecule is O=C(Cc1ccc(Cl)cc1)N1CCC2(O)CCCCC2C1. The molecule has 1 saturated carbocycles. The molecule has 1 heterocycles. The van der Waals surface area contributed by atoms with Gasteiger partial charge in [0.05, 0.1) is 12.0 Å². The molecule has 1 N–H and O–H groups in total. The highest BCUT2D eigenvalue weighted by Gasteiger charge is 2.43. The molecule has 1 saturated heterocycles. The standard InChI is InChI=1S/C17H22ClNO2/c18-15-6-4-13(5-7-15)11-16(20)19-10-9-17(21)8-2-1-3-14(17)12-19/h4-7,14,21H,1-3,8-12H2. The summed E-state index contributed by atoms with van der Waals surface area (Å²) in [4.78, 5) is 14.4. The highest BCUT2D eigenvalue weighted by Crippen LogP contribution is 2.39. The maximum Gasteiger partial charge on any atom is 0.227 e. The molecule has 114 valence electrons. The molecule has 2 unspecified atom stereocenters. The number of piperidine rings is 1. The van der Waals surface area contributed by atoms with Crippen LogP contribution in [0.1, 0.15) is 37.7 Å². The molecule has 2 atom stereocenters. The van der Waals surface area contributed by atoms with Crippen LogP contribution in [0.25, 0.3) is 0 Å². The Labute approximate surface area is 130 Å². The second-order valence-electron chi connectivity index (χ2n) is 6.44. The topological polar surface area (TPSA) is 40.5 Å². The average molecular weight is 308 g/mol. The Kier molecular flexibility index (Phi) is 4.23. The molecule has 0 spiro atoms. The minimum atomic E-state index is -0.519. The van der Waals surface area contributed by atoms with Crippen molar-refractivity contribution in [2.45, 2.75) is 44.1 Å². The maximum atomic E-state index is 12.4. The summed E-state index contributed by atoms with van der Waals surface area (Å²) < 4.78 is 0. The highest BCUT2D eigenvalue weighted by atomic mass is 35.5. The third kappa shape index (κ3) is 3.24. The van der Waals surface area contributed by atoms with Crippen LogP contribution in [-0.4, -0.2) is 34.6 Å². The van der Waals surface area contributed by atoms with Crippen LogP contribution in [0, 0.1) is 5.92 Å². The first-order valence-corrected chi connectivity index (χ1v) is 8.19. The normalized spacial score (nSPS) is 29.0. The lowest BCUT2D eigenvalue weighted by molar-refractivity contribution is -0.142. The van der Waals surface area contributed by atoms with Gasteiger partial charge in [0, 0.05) is 24.0 Å². The summed E-state index contributed by atoms with van der Waals surface area (Å²) in [5.41, 5.74) is 0.476. The lowest BCUT2D eigenvalue weighted by atomic mass is 9.71. The first-order chi connectivity index (χ1) is 10.1. The molecule has 1 aromatic carbocycles. The van der Waals surface area contributed by atoms with E-state index in [1.54, 1.807) is 0 Å². The molecule has 21 heavy (non-hydrogen) atoms. The van der Waals surface area contributed by atoms with Crippen molar-refractivity contribution in [3.63, 3.8) is 0 Å². The molecule has 0 bridgehead atoms.